The molecule has 3 N–H and O–H groups in total. The van der Waals surface area contributed by atoms with E-state index in [1.54, 1.807) is 0 Å². The van der Waals surface area contributed by atoms with Crippen LogP contribution >= 0.6 is 11.8 Å². The SMILES string of the molecule is CC1CCCC(C(=O)NC2CCSC2=O)C1.O=C(O)O. The average molecular weight is 303 g/mol. The molecular formula is C13H21NO5S. The van der Waals surface area contributed by atoms with Crippen molar-refractivity contribution in [1.82, 2.24) is 5.32 Å². The maximum absolute atomic E-state index is 12.0. The van der Waals surface area contributed by atoms with Crippen molar-refractivity contribution < 1.29 is 24.6 Å². The summed E-state index contributed by atoms with van der Waals surface area (Å²) >= 11 is 1.34. The second-order valence-corrected chi connectivity index (χ2v) is 6.37. The largest absolute Gasteiger partial charge is 0.503 e. The third-order valence-corrected chi connectivity index (χ3v) is 4.57. The van der Waals surface area contributed by atoms with Gasteiger partial charge in [-0.25, -0.2) is 4.79 Å². The van der Waals surface area contributed by atoms with Crippen LogP contribution in [0.25, 0.3) is 0 Å². The maximum atomic E-state index is 12.0. The molecule has 0 bridgehead atoms. The lowest BCUT2D eigenvalue weighted by Crippen LogP contribution is -2.41. The normalized spacial score (nSPS) is 29.2. The number of hydrogen-bond donors (Lipinski definition) is 3. The average Bonchev–Trinajstić information content (AvgIpc) is 2.74. The molecule has 0 aromatic heterocycles. The molecule has 2 aliphatic rings. The molecule has 7 heteroatoms. The topological polar surface area (TPSA) is 104 Å². The van der Waals surface area contributed by atoms with Crippen LogP contribution in [0.1, 0.15) is 39.0 Å². The van der Waals surface area contributed by atoms with Crippen LogP contribution < -0.4 is 5.32 Å². The second-order valence-electron chi connectivity index (χ2n) is 5.27. The van der Waals surface area contributed by atoms with Crippen molar-refractivity contribution in [2.24, 2.45) is 11.8 Å². The van der Waals surface area contributed by atoms with Gasteiger partial charge in [-0.2, -0.15) is 0 Å². The summed E-state index contributed by atoms with van der Waals surface area (Å²) in [7, 11) is 0. The van der Waals surface area contributed by atoms with Gasteiger partial charge in [0.25, 0.3) is 0 Å². The second kappa shape index (κ2) is 8.14. The summed E-state index contributed by atoms with van der Waals surface area (Å²) in [6.45, 7) is 2.20. The zero-order chi connectivity index (χ0) is 15.1. The summed E-state index contributed by atoms with van der Waals surface area (Å²) in [5, 5.41) is 17.0. The Morgan fingerprint density at radius 3 is 2.40 bits per heavy atom. The van der Waals surface area contributed by atoms with Crippen LogP contribution in [-0.2, 0) is 9.59 Å². The summed E-state index contributed by atoms with van der Waals surface area (Å²) in [6, 6.07) is -0.213. The van der Waals surface area contributed by atoms with E-state index >= 15 is 0 Å². The van der Waals surface area contributed by atoms with E-state index in [1.165, 1.54) is 18.2 Å². The summed E-state index contributed by atoms with van der Waals surface area (Å²) in [5.41, 5.74) is 0. The van der Waals surface area contributed by atoms with E-state index in [9.17, 15) is 9.59 Å². The van der Waals surface area contributed by atoms with Gasteiger partial charge in [0.15, 0.2) is 0 Å². The zero-order valence-electron chi connectivity index (χ0n) is 11.5. The molecule has 114 valence electrons. The Balaban J connectivity index is 0.000000444. The Kier molecular flexibility index (Phi) is 6.84. The molecule has 2 fully saturated rings. The van der Waals surface area contributed by atoms with Crippen LogP contribution in [-0.4, -0.2) is 39.2 Å². The number of nitrogens with one attached hydrogen (secondary N) is 1. The monoisotopic (exact) mass is 303 g/mol. The van der Waals surface area contributed by atoms with Crippen molar-refractivity contribution in [3.05, 3.63) is 0 Å². The van der Waals surface area contributed by atoms with Gasteiger partial charge in [0, 0.05) is 11.7 Å². The molecule has 1 heterocycles. The standard InChI is InChI=1S/C12H19NO2S.CH2O3/c1-8-3-2-4-9(7-8)11(14)13-10-5-6-16-12(10)15;2-1(3)4/h8-10H,2-7H2,1H3,(H,13,14);(H2,2,3,4). The van der Waals surface area contributed by atoms with Crippen LogP contribution in [0.4, 0.5) is 4.79 Å². The first-order chi connectivity index (χ1) is 9.40. The molecule has 3 unspecified atom stereocenters. The molecule has 1 aliphatic carbocycles. The number of thioether (sulfide) groups is 1. The van der Waals surface area contributed by atoms with Crippen LogP contribution in [0, 0.1) is 11.8 Å². The Morgan fingerprint density at radius 1 is 1.25 bits per heavy atom. The van der Waals surface area contributed by atoms with Crippen molar-refractivity contribution >= 4 is 28.9 Å². The highest BCUT2D eigenvalue weighted by Crippen LogP contribution is 2.29. The van der Waals surface area contributed by atoms with Gasteiger partial charge in [-0.3, -0.25) is 9.59 Å². The lowest BCUT2D eigenvalue weighted by Gasteiger charge is -2.26. The van der Waals surface area contributed by atoms with Crippen LogP contribution in [0.15, 0.2) is 0 Å². The minimum absolute atomic E-state index is 0.104. The quantitative estimate of drug-likeness (QED) is 0.722. The number of carboxylic acid groups (broad SMARTS) is 2. The highest BCUT2D eigenvalue weighted by atomic mass is 32.2. The van der Waals surface area contributed by atoms with Crippen LogP contribution in [0.3, 0.4) is 0 Å². The predicted molar refractivity (Wildman–Crippen MR) is 75.8 cm³/mol. The summed E-state index contributed by atoms with van der Waals surface area (Å²) in [4.78, 5) is 31.9. The van der Waals surface area contributed by atoms with E-state index < -0.39 is 6.16 Å². The fourth-order valence-electron chi connectivity index (χ4n) is 2.59. The van der Waals surface area contributed by atoms with E-state index in [-0.39, 0.29) is 23.0 Å². The molecule has 0 radical (unpaired) electrons. The van der Waals surface area contributed by atoms with E-state index in [0.29, 0.717) is 5.92 Å². The minimum atomic E-state index is -1.83. The van der Waals surface area contributed by atoms with E-state index in [0.717, 1.165) is 31.4 Å². The summed E-state index contributed by atoms with van der Waals surface area (Å²) in [6.07, 6.45) is 3.33. The Labute approximate surface area is 122 Å². The molecule has 3 atom stereocenters. The fraction of sp³-hybridized carbons (Fsp3) is 0.769. The number of hydrogen-bond acceptors (Lipinski definition) is 4. The highest BCUT2D eigenvalue weighted by molar-refractivity contribution is 8.14. The van der Waals surface area contributed by atoms with Gasteiger partial charge in [0.2, 0.25) is 11.0 Å². The van der Waals surface area contributed by atoms with Crippen LogP contribution in [0.2, 0.25) is 0 Å². The first-order valence-corrected chi connectivity index (χ1v) is 7.77. The van der Waals surface area contributed by atoms with Gasteiger partial charge in [-0.1, -0.05) is 31.5 Å². The van der Waals surface area contributed by atoms with Gasteiger partial charge in [0.1, 0.15) is 0 Å². The smallest absolute Gasteiger partial charge is 0.450 e. The van der Waals surface area contributed by atoms with Gasteiger partial charge in [0.05, 0.1) is 6.04 Å². The Morgan fingerprint density at radius 2 is 1.90 bits per heavy atom. The summed E-state index contributed by atoms with van der Waals surface area (Å²) in [5.74, 6) is 1.75. The first kappa shape index (κ1) is 16.8. The lowest BCUT2D eigenvalue weighted by molar-refractivity contribution is -0.129. The molecule has 1 amide bonds. The van der Waals surface area contributed by atoms with Crippen molar-refractivity contribution in [1.29, 1.82) is 0 Å². The first-order valence-electron chi connectivity index (χ1n) is 6.79. The summed E-state index contributed by atoms with van der Waals surface area (Å²) < 4.78 is 0. The Hall–Kier alpha value is -1.24. The molecule has 0 spiro atoms. The molecule has 2 rings (SSSR count). The molecule has 1 saturated heterocycles. The minimum Gasteiger partial charge on any atom is -0.450 e. The van der Waals surface area contributed by atoms with Gasteiger partial charge in [-0.15, -0.1) is 0 Å². The lowest BCUT2D eigenvalue weighted by atomic mass is 9.82. The van der Waals surface area contributed by atoms with Gasteiger partial charge in [-0.05, 0) is 25.2 Å². The molecule has 1 saturated carbocycles. The van der Waals surface area contributed by atoms with Crippen molar-refractivity contribution in [2.75, 3.05) is 5.75 Å². The molecular weight excluding hydrogens is 282 g/mol. The molecule has 6 nitrogen and oxygen atoms in total. The van der Waals surface area contributed by atoms with E-state index in [1.807, 2.05) is 0 Å². The molecule has 20 heavy (non-hydrogen) atoms. The molecule has 0 aromatic rings. The van der Waals surface area contributed by atoms with E-state index in [2.05, 4.69) is 12.2 Å². The number of rotatable bonds is 2. The highest BCUT2D eigenvalue weighted by Gasteiger charge is 2.31. The van der Waals surface area contributed by atoms with Crippen LogP contribution in [0.5, 0.6) is 0 Å². The number of carbonyl (C=O) groups is 3. The van der Waals surface area contributed by atoms with Gasteiger partial charge >= 0.3 is 6.16 Å². The number of carbonyl (C=O) groups excluding carboxylic acids is 2. The molecule has 0 aromatic carbocycles. The zero-order valence-corrected chi connectivity index (χ0v) is 12.3. The maximum Gasteiger partial charge on any atom is 0.503 e. The number of amides is 1. The predicted octanol–water partition coefficient (Wildman–Crippen LogP) is 2.18. The fourth-order valence-corrected chi connectivity index (χ4v) is 3.52. The van der Waals surface area contributed by atoms with Crippen molar-refractivity contribution in [2.45, 2.75) is 45.1 Å². The van der Waals surface area contributed by atoms with Gasteiger partial charge < -0.3 is 15.5 Å². The van der Waals surface area contributed by atoms with E-state index in [4.69, 9.17) is 15.0 Å². The molecule has 1 aliphatic heterocycles. The third-order valence-electron chi connectivity index (χ3n) is 3.56. The Bertz CT molecular complexity index is 370. The van der Waals surface area contributed by atoms with Crippen molar-refractivity contribution in [3.8, 4) is 0 Å². The third kappa shape index (κ3) is 5.81. The van der Waals surface area contributed by atoms with Crippen molar-refractivity contribution in [3.63, 3.8) is 0 Å².